The van der Waals surface area contributed by atoms with Gasteiger partial charge in [0.15, 0.2) is 0 Å². The van der Waals surface area contributed by atoms with Gasteiger partial charge in [0, 0.05) is 15.8 Å². The fraction of sp³-hybridized carbons (Fsp3) is 0.600. The van der Waals surface area contributed by atoms with Gasteiger partial charge < -0.3 is 5.32 Å². The van der Waals surface area contributed by atoms with Crippen LogP contribution in [0.15, 0.2) is 6.07 Å². The van der Waals surface area contributed by atoms with E-state index >= 15 is 0 Å². The van der Waals surface area contributed by atoms with Gasteiger partial charge in [-0.25, -0.2) is 0 Å². The molecule has 0 spiro atoms. The summed E-state index contributed by atoms with van der Waals surface area (Å²) < 4.78 is 0. The van der Waals surface area contributed by atoms with Crippen molar-refractivity contribution in [3.8, 4) is 0 Å². The van der Waals surface area contributed by atoms with Crippen LogP contribution in [0.5, 0.6) is 0 Å². The van der Waals surface area contributed by atoms with Crippen LogP contribution in [0.4, 0.5) is 0 Å². The third kappa shape index (κ3) is 1.10. The minimum atomic E-state index is 0.610. The van der Waals surface area contributed by atoms with Crippen LogP contribution in [0.1, 0.15) is 28.3 Å². The molecule has 1 N–H and O–H groups in total. The van der Waals surface area contributed by atoms with Crippen molar-refractivity contribution in [2.75, 3.05) is 7.05 Å². The van der Waals surface area contributed by atoms with Crippen LogP contribution in [0, 0.1) is 12.8 Å². The first-order valence-corrected chi connectivity index (χ1v) is 5.30. The van der Waals surface area contributed by atoms with E-state index in [0.29, 0.717) is 6.04 Å². The van der Waals surface area contributed by atoms with Gasteiger partial charge in [-0.1, -0.05) is 6.92 Å². The molecule has 0 saturated heterocycles. The van der Waals surface area contributed by atoms with Crippen LogP contribution in [0.2, 0.25) is 0 Å². The predicted octanol–water partition coefficient (Wildman–Crippen LogP) is 2.51. The van der Waals surface area contributed by atoms with Crippen LogP contribution in [-0.4, -0.2) is 7.05 Å². The minimum Gasteiger partial charge on any atom is -0.312 e. The molecule has 1 heterocycles. The normalized spacial score (nSPS) is 27.6. The lowest BCUT2D eigenvalue weighted by Crippen LogP contribution is -2.18. The zero-order valence-corrected chi connectivity index (χ0v) is 8.66. The molecule has 0 aromatic carbocycles. The van der Waals surface area contributed by atoms with Gasteiger partial charge in [0.1, 0.15) is 0 Å². The lowest BCUT2D eigenvalue weighted by molar-refractivity contribution is 0.450. The molecule has 1 aromatic heterocycles. The summed E-state index contributed by atoms with van der Waals surface area (Å²) in [4.78, 5) is 3.02. The van der Waals surface area contributed by atoms with E-state index in [9.17, 15) is 0 Å². The molecule has 0 saturated carbocycles. The number of aryl methyl sites for hydroxylation is 1. The van der Waals surface area contributed by atoms with Crippen LogP contribution < -0.4 is 5.32 Å². The maximum atomic E-state index is 3.39. The Kier molecular flexibility index (Phi) is 1.97. The smallest absolute Gasteiger partial charge is 0.0444 e. The van der Waals surface area contributed by atoms with Crippen molar-refractivity contribution in [3.63, 3.8) is 0 Å². The van der Waals surface area contributed by atoms with Gasteiger partial charge in [-0.15, -0.1) is 11.3 Å². The molecule has 2 heteroatoms. The Balaban J connectivity index is 2.38. The molecule has 1 aliphatic carbocycles. The standard InChI is InChI=1S/C10H15NS/c1-6-4-8-5-7(2)12-10(8)9(6)11-3/h5-6,9,11H,4H2,1-3H3. The molecule has 1 aliphatic rings. The van der Waals surface area contributed by atoms with Gasteiger partial charge in [-0.05, 0) is 37.9 Å². The fourth-order valence-corrected chi connectivity index (χ4v) is 3.44. The Morgan fingerprint density at radius 3 is 3.00 bits per heavy atom. The molecular weight excluding hydrogens is 166 g/mol. The fourth-order valence-electron chi connectivity index (χ4n) is 2.15. The number of fused-ring (bicyclic) bond motifs is 1. The molecule has 0 bridgehead atoms. The zero-order valence-electron chi connectivity index (χ0n) is 7.85. The Morgan fingerprint density at radius 2 is 2.33 bits per heavy atom. The molecular formula is C10H15NS. The zero-order chi connectivity index (χ0) is 8.72. The highest BCUT2D eigenvalue weighted by molar-refractivity contribution is 7.12. The molecule has 0 aliphatic heterocycles. The van der Waals surface area contributed by atoms with Crippen molar-refractivity contribution >= 4 is 11.3 Å². The highest BCUT2D eigenvalue weighted by atomic mass is 32.1. The summed E-state index contributed by atoms with van der Waals surface area (Å²) in [5.74, 6) is 0.775. The van der Waals surface area contributed by atoms with Crippen LogP contribution in [0.25, 0.3) is 0 Å². The summed E-state index contributed by atoms with van der Waals surface area (Å²) in [6, 6.07) is 2.95. The van der Waals surface area contributed by atoms with Crippen molar-refractivity contribution < 1.29 is 0 Å². The third-order valence-corrected chi connectivity index (χ3v) is 3.85. The Hall–Kier alpha value is -0.340. The SMILES string of the molecule is CNC1c2sc(C)cc2CC1C. The van der Waals surface area contributed by atoms with E-state index in [1.807, 2.05) is 11.3 Å². The van der Waals surface area contributed by atoms with Gasteiger partial charge >= 0.3 is 0 Å². The van der Waals surface area contributed by atoms with Crippen LogP contribution in [-0.2, 0) is 6.42 Å². The molecule has 0 fully saturated rings. The Morgan fingerprint density at radius 1 is 1.58 bits per heavy atom. The van der Waals surface area contributed by atoms with E-state index < -0.39 is 0 Å². The molecule has 12 heavy (non-hydrogen) atoms. The van der Waals surface area contributed by atoms with Gasteiger partial charge in [0.2, 0.25) is 0 Å². The van der Waals surface area contributed by atoms with E-state index in [1.165, 1.54) is 11.3 Å². The molecule has 2 unspecified atom stereocenters. The van der Waals surface area contributed by atoms with E-state index in [1.54, 1.807) is 10.4 Å². The summed E-state index contributed by atoms with van der Waals surface area (Å²) in [6.45, 7) is 4.52. The molecule has 1 nitrogen and oxygen atoms in total. The van der Waals surface area contributed by atoms with Crippen molar-refractivity contribution in [3.05, 3.63) is 21.4 Å². The number of rotatable bonds is 1. The largest absolute Gasteiger partial charge is 0.312 e. The quantitative estimate of drug-likeness (QED) is 0.702. The Labute approximate surface area is 77.8 Å². The second-order valence-electron chi connectivity index (χ2n) is 3.69. The first-order chi connectivity index (χ1) is 5.72. The van der Waals surface area contributed by atoms with Gasteiger partial charge in [-0.3, -0.25) is 0 Å². The average molecular weight is 181 g/mol. The predicted molar refractivity (Wildman–Crippen MR) is 53.7 cm³/mol. The topological polar surface area (TPSA) is 12.0 Å². The van der Waals surface area contributed by atoms with Gasteiger partial charge in [0.25, 0.3) is 0 Å². The number of thiophene rings is 1. The highest BCUT2D eigenvalue weighted by Gasteiger charge is 2.29. The summed E-state index contributed by atoms with van der Waals surface area (Å²) in [5, 5.41) is 3.39. The van der Waals surface area contributed by atoms with E-state index in [4.69, 9.17) is 0 Å². The minimum absolute atomic E-state index is 0.610. The lowest BCUT2D eigenvalue weighted by atomic mass is 10.1. The van der Waals surface area contributed by atoms with Crippen molar-refractivity contribution in [2.45, 2.75) is 26.3 Å². The van der Waals surface area contributed by atoms with Crippen LogP contribution >= 0.6 is 11.3 Å². The molecule has 0 amide bonds. The first kappa shape index (κ1) is 8.27. The highest BCUT2D eigenvalue weighted by Crippen LogP contribution is 2.40. The lowest BCUT2D eigenvalue weighted by Gasteiger charge is -2.14. The van der Waals surface area contributed by atoms with E-state index in [0.717, 1.165) is 5.92 Å². The maximum absolute atomic E-state index is 3.39. The molecule has 2 rings (SSSR count). The molecule has 66 valence electrons. The monoisotopic (exact) mass is 181 g/mol. The summed E-state index contributed by atoms with van der Waals surface area (Å²) in [5.41, 5.74) is 1.57. The number of hydrogen-bond donors (Lipinski definition) is 1. The van der Waals surface area contributed by atoms with E-state index in [-0.39, 0.29) is 0 Å². The third-order valence-electron chi connectivity index (χ3n) is 2.67. The van der Waals surface area contributed by atoms with Crippen molar-refractivity contribution in [2.24, 2.45) is 5.92 Å². The van der Waals surface area contributed by atoms with Gasteiger partial charge in [-0.2, -0.15) is 0 Å². The van der Waals surface area contributed by atoms with Crippen molar-refractivity contribution in [1.82, 2.24) is 5.32 Å². The summed E-state index contributed by atoms with van der Waals surface area (Å²) in [6.07, 6.45) is 1.26. The molecule has 0 radical (unpaired) electrons. The molecule has 1 aromatic rings. The summed E-state index contributed by atoms with van der Waals surface area (Å²) >= 11 is 1.95. The average Bonchev–Trinajstić information content (AvgIpc) is 2.43. The number of nitrogens with one attached hydrogen (secondary N) is 1. The second-order valence-corrected chi connectivity index (χ2v) is 4.98. The molecule has 2 atom stereocenters. The number of hydrogen-bond acceptors (Lipinski definition) is 2. The first-order valence-electron chi connectivity index (χ1n) is 4.49. The Bertz CT molecular complexity index is 290. The van der Waals surface area contributed by atoms with Crippen molar-refractivity contribution in [1.29, 1.82) is 0 Å². The van der Waals surface area contributed by atoms with Gasteiger partial charge in [0.05, 0.1) is 0 Å². The second kappa shape index (κ2) is 2.86. The van der Waals surface area contributed by atoms with Crippen LogP contribution in [0.3, 0.4) is 0 Å². The summed E-state index contributed by atoms with van der Waals surface area (Å²) in [7, 11) is 2.06. The maximum Gasteiger partial charge on any atom is 0.0444 e. The van der Waals surface area contributed by atoms with E-state index in [2.05, 4.69) is 32.3 Å².